The molecule has 21 heavy (non-hydrogen) atoms. The van der Waals surface area contributed by atoms with Crippen molar-refractivity contribution >= 4 is 5.91 Å². The van der Waals surface area contributed by atoms with Crippen molar-refractivity contribution < 1.29 is 4.79 Å². The molecular weight excluding hydrogens is 260 g/mol. The maximum Gasteiger partial charge on any atom is 0.244 e. The highest BCUT2D eigenvalue weighted by atomic mass is 16.2. The van der Waals surface area contributed by atoms with E-state index in [-0.39, 0.29) is 5.91 Å². The average molecular weight is 286 g/mol. The van der Waals surface area contributed by atoms with Crippen LogP contribution in [0.2, 0.25) is 0 Å². The summed E-state index contributed by atoms with van der Waals surface area (Å²) in [6.45, 7) is 0.921. The Morgan fingerprint density at radius 3 is 2.38 bits per heavy atom. The molecule has 2 aliphatic rings. The number of nitrogens with zero attached hydrogens (tertiary/aromatic N) is 1. The first-order valence-electron chi connectivity index (χ1n) is 8.36. The Kier molecular flexibility index (Phi) is 4.59. The summed E-state index contributed by atoms with van der Waals surface area (Å²) in [4.78, 5) is 14.9. The fourth-order valence-electron chi connectivity index (χ4n) is 3.43. The number of carbonyl (C=O) groups is 1. The van der Waals surface area contributed by atoms with Crippen LogP contribution in [0.1, 0.15) is 56.6 Å². The fourth-order valence-corrected chi connectivity index (χ4v) is 3.43. The molecule has 2 saturated carbocycles. The monoisotopic (exact) mass is 286 g/mol. The summed E-state index contributed by atoms with van der Waals surface area (Å²) >= 11 is 0. The van der Waals surface area contributed by atoms with Crippen LogP contribution in [0.5, 0.6) is 0 Å². The van der Waals surface area contributed by atoms with E-state index in [1.54, 1.807) is 0 Å². The quantitative estimate of drug-likeness (QED) is 0.903. The van der Waals surface area contributed by atoms with Gasteiger partial charge in [-0.25, -0.2) is 0 Å². The maximum absolute atomic E-state index is 12.8. The number of nitrogens with two attached hydrogens (primary N) is 1. The molecule has 1 aromatic rings. The molecule has 0 saturated heterocycles. The smallest absolute Gasteiger partial charge is 0.244 e. The Balaban J connectivity index is 1.66. The first-order chi connectivity index (χ1) is 10.3. The third-order valence-corrected chi connectivity index (χ3v) is 4.88. The van der Waals surface area contributed by atoms with E-state index in [0.717, 1.165) is 24.9 Å². The zero-order valence-corrected chi connectivity index (χ0v) is 12.7. The number of benzene rings is 1. The van der Waals surface area contributed by atoms with Gasteiger partial charge < -0.3 is 10.6 Å². The van der Waals surface area contributed by atoms with Crippen molar-refractivity contribution in [2.24, 2.45) is 11.7 Å². The lowest BCUT2D eigenvalue weighted by Crippen LogP contribution is -2.43. The summed E-state index contributed by atoms with van der Waals surface area (Å²) < 4.78 is 0. The van der Waals surface area contributed by atoms with Gasteiger partial charge in [-0.3, -0.25) is 4.79 Å². The summed E-state index contributed by atoms with van der Waals surface area (Å²) in [5, 5.41) is 0. The minimum absolute atomic E-state index is 0.120. The molecule has 3 heteroatoms. The van der Waals surface area contributed by atoms with E-state index < -0.39 is 6.04 Å². The topological polar surface area (TPSA) is 46.3 Å². The van der Waals surface area contributed by atoms with Crippen LogP contribution in [0.3, 0.4) is 0 Å². The lowest BCUT2D eigenvalue weighted by Gasteiger charge is -2.31. The van der Waals surface area contributed by atoms with Crippen molar-refractivity contribution in [1.29, 1.82) is 0 Å². The molecule has 3 nitrogen and oxygen atoms in total. The third kappa shape index (κ3) is 3.65. The van der Waals surface area contributed by atoms with Crippen LogP contribution in [0.25, 0.3) is 0 Å². The number of hydrogen-bond donors (Lipinski definition) is 1. The second kappa shape index (κ2) is 6.61. The van der Waals surface area contributed by atoms with Gasteiger partial charge in [0.2, 0.25) is 5.91 Å². The van der Waals surface area contributed by atoms with Crippen LogP contribution in [-0.4, -0.2) is 23.4 Å². The molecule has 0 aromatic heterocycles. The van der Waals surface area contributed by atoms with E-state index in [1.165, 1.54) is 32.1 Å². The number of amides is 1. The molecule has 0 radical (unpaired) electrons. The molecule has 114 valence electrons. The molecule has 2 aliphatic carbocycles. The molecule has 2 N–H and O–H groups in total. The van der Waals surface area contributed by atoms with Gasteiger partial charge >= 0.3 is 0 Å². The predicted octanol–water partition coefficient (Wildman–Crippen LogP) is 3.26. The third-order valence-electron chi connectivity index (χ3n) is 4.88. The first-order valence-corrected chi connectivity index (χ1v) is 8.36. The molecular formula is C18H26N2O. The number of rotatable bonds is 5. The van der Waals surface area contributed by atoms with E-state index >= 15 is 0 Å². The highest BCUT2D eigenvalue weighted by Gasteiger charge is 2.36. The fraction of sp³-hybridized carbons (Fsp3) is 0.611. The summed E-state index contributed by atoms with van der Waals surface area (Å²) in [5.41, 5.74) is 7.15. The van der Waals surface area contributed by atoms with Crippen molar-refractivity contribution in [1.82, 2.24) is 4.90 Å². The summed E-state index contributed by atoms with van der Waals surface area (Å²) in [6, 6.07) is 9.71. The largest absolute Gasteiger partial charge is 0.338 e. The van der Waals surface area contributed by atoms with Crippen LogP contribution in [0.4, 0.5) is 0 Å². The molecule has 0 aliphatic heterocycles. The van der Waals surface area contributed by atoms with Gasteiger partial charge in [-0.2, -0.15) is 0 Å². The Hall–Kier alpha value is -1.35. The zero-order chi connectivity index (χ0) is 14.7. The van der Waals surface area contributed by atoms with Crippen molar-refractivity contribution in [2.45, 2.75) is 57.0 Å². The Morgan fingerprint density at radius 1 is 1.10 bits per heavy atom. The normalized spacial score (nSPS) is 21.0. The molecule has 3 rings (SSSR count). The molecule has 1 amide bonds. The lowest BCUT2D eigenvalue weighted by atomic mass is 9.88. The average Bonchev–Trinajstić information content (AvgIpc) is 3.38. The summed E-state index contributed by atoms with van der Waals surface area (Å²) in [5.74, 6) is 0.806. The van der Waals surface area contributed by atoms with Crippen molar-refractivity contribution in [3.8, 4) is 0 Å². The van der Waals surface area contributed by atoms with E-state index in [9.17, 15) is 4.79 Å². The highest BCUT2D eigenvalue weighted by Crippen LogP contribution is 2.32. The van der Waals surface area contributed by atoms with Gasteiger partial charge in [0.25, 0.3) is 0 Å². The van der Waals surface area contributed by atoms with Gasteiger partial charge in [-0.15, -0.1) is 0 Å². The van der Waals surface area contributed by atoms with Crippen LogP contribution >= 0.6 is 0 Å². The van der Waals surface area contributed by atoms with Crippen molar-refractivity contribution in [2.75, 3.05) is 6.54 Å². The van der Waals surface area contributed by atoms with Gasteiger partial charge in [-0.05, 0) is 37.2 Å². The van der Waals surface area contributed by atoms with Crippen molar-refractivity contribution in [3.05, 3.63) is 35.9 Å². The van der Waals surface area contributed by atoms with Crippen LogP contribution in [-0.2, 0) is 4.79 Å². The number of hydrogen-bond acceptors (Lipinski definition) is 2. The number of carbonyl (C=O) groups excluding carboxylic acids is 1. The standard InChI is InChI=1S/C18H26N2O/c19-17(15-9-5-2-6-10-15)18(21)20(16-11-12-16)13-14-7-3-1-4-8-14/h2,5-6,9-10,14,16-17H,1,3-4,7-8,11-13,19H2. The van der Waals surface area contributed by atoms with Crippen LogP contribution < -0.4 is 5.73 Å². The SMILES string of the molecule is NC(C(=O)N(CC1CCCCC1)C1CC1)c1ccccc1. The van der Waals surface area contributed by atoms with Gasteiger partial charge in [0.15, 0.2) is 0 Å². The zero-order valence-electron chi connectivity index (χ0n) is 12.7. The van der Waals surface area contributed by atoms with Crippen LogP contribution in [0.15, 0.2) is 30.3 Å². The predicted molar refractivity (Wildman–Crippen MR) is 84.7 cm³/mol. The molecule has 1 atom stereocenters. The van der Waals surface area contributed by atoms with E-state index in [2.05, 4.69) is 4.90 Å². The van der Waals surface area contributed by atoms with Gasteiger partial charge in [0, 0.05) is 12.6 Å². The Bertz CT molecular complexity index is 463. The molecule has 0 spiro atoms. The Labute approximate surface area is 127 Å². The van der Waals surface area contributed by atoms with E-state index in [4.69, 9.17) is 5.73 Å². The van der Waals surface area contributed by atoms with Gasteiger partial charge in [0.05, 0.1) is 0 Å². The highest BCUT2D eigenvalue weighted by molar-refractivity contribution is 5.83. The van der Waals surface area contributed by atoms with E-state index in [0.29, 0.717) is 12.0 Å². The van der Waals surface area contributed by atoms with Crippen molar-refractivity contribution in [3.63, 3.8) is 0 Å². The van der Waals surface area contributed by atoms with Gasteiger partial charge in [-0.1, -0.05) is 49.6 Å². The lowest BCUT2D eigenvalue weighted by molar-refractivity contribution is -0.134. The second-order valence-corrected chi connectivity index (χ2v) is 6.61. The first kappa shape index (κ1) is 14.6. The molecule has 1 unspecified atom stereocenters. The maximum atomic E-state index is 12.8. The Morgan fingerprint density at radius 2 is 1.76 bits per heavy atom. The van der Waals surface area contributed by atoms with Gasteiger partial charge in [0.1, 0.15) is 6.04 Å². The molecule has 0 heterocycles. The van der Waals surface area contributed by atoms with Crippen LogP contribution in [0, 0.1) is 5.92 Å². The molecule has 2 fully saturated rings. The molecule has 0 bridgehead atoms. The second-order valence-electron chi connectivity index (χ2n) is 6.61. The minimum Gasteiger partial charge on any atom is -0.338 e. The summed E-state index contributed by atoms with van der Waals surface area (Å²) in [7, 11) is 0. The summed E-state index contributed by atoms with van der Waals surface area (Å²) in [6.07, 6.45) is 8.86. The minimum atomic E-state index is -0.504. The van der Waals surface area contributed by atoms with E-state index in [1.807, 2.05) is 30.3 Å². The molecule has 1 aromatic carbocycles.